The summed E-state index contributed by atoms with van der Waals surface area (Å²) in [5.41, 5.74) is 4.07. The van der Waals surface area contributed by atoms with Crippen molar-refractivity contribution in [2.45, 2.75) is 6.54 Å². The Labute approximate surface area is 186 Å². The first kappa shape index (κ1) is 21.3. The molecule has 2 aromatic carbocycles. The van der Waals surface area contributed by atoms with Crippen LogP contribution in [-0.4, -0.2) is 49.2 Å². The Bertz CT molecular complexity index is 1100. The van der Waals surface area contributed by atoms with Crippen LogP contribution in [0.25, 0.3) is 0 Å². The molecule has 0 aliphatic carbocycles. The molecular weight excluding hydrogens is 408 g/mol. The molecule has 4 rings (SSSR count). The fourth-order valence-corrected chi connectivity index (χ4v) is 3.32. The van der Waals surface area contributed by atoms with Gasteiger partial charge in [0.15, 0.2) is 11.5 Å². The minimum absolute atomic E-state index is 0.172. The number of methoxy groups -OCH3 is 2. The van der Waals surface area contributed by atoms with Crippen LogP contribution in [0.2, 0.25) is 0 Å². The van der Waals surface area contributed by atoms with E-state index in [2.05, 4.69) is 10.3 Å². The highest BCUT2D eigenvalue weighted by Crippen LogP contribution is 2.28. The number of carbonyl (C=O) groups excluding carboxylic acids is 1. The van der Waals surface area contributed by atoms with E-state index in [0.717, 1.165) is 22.5 Å². The molecule has 1 N–H and O–H groups in total. The van der Waals surface area contributed by atoms with Gasteiger partial charge in [0.25, 0.3) is 5.91 Å². The van der Waals surface area contributed by atoms with Crippen LogP contribution in [0.1, 0.15) is 21.5 Å². The molecular formula is C24H24N4O4. The van der Waals surface area contributed by atoms with Gasteiger partial charge in [0.05, 0.1) is 33.1 Å². The Balaban J connectivity index is 1.42. The molecule has 1 aliphatic rings. The number of hydrogen-bond donors (Lipinski definition) is 1. The van der Waals surface area contributed by atoms with Crippen molar-refractivity contribution < 1.29 is 19.0 Å². The van der Waals surface area contributed by atoms with Gasteiger partial charge in [0.2, 0.25) is 0 Å². The van der Waals surface area contributed by atoms with Gasteiger partial charge >= 0.3 is 0 Å². The van der Waals surface area contributed by atoms with Crippen molar-refractivity contribution in [1.29, 1.82) is 0 Å². The molecule has 0 radical (unpaired) electrons. The van der Waals surface area contributed by atoms with Gasteiger partial charge in [-0.15, -0.1) is 0 Å². The second-order valence-corrected chi connectivity index (χ2v) is 7.15. The fraction of sp³-hybridized carbons (Fsp3) is 0.208. The molecule has 3 aromatic rings. The van der Waals surface area contributed by atoms with E-state index in [1.807, 2.05) is 47.5 Å². The van der Waals surface area contributed by atoms with Gasteiger partial charge in [0.1, 0.15) is 6.73 Å². The molecule has 32 heavy (non-hydrogen) atoms. The largest absolute Gasteiger partial charge is 0.493 e. The number of nitrogens with zero attached hydrogens (tertiary/aromatic N) is 3. The van der Waals surface area contributed by atoms with Crippen LogP contribution in [-0.2, 0) is 11.3 Å². The highest BCUT2D eigenvalue weighted by atomic mass is 16.5. The molecule has 1 amide bonds. The average molecular weight is 432 g/mol. The molecule has 0 unspecified atom stereocenters. The van der Waals surface area contributed by atoms with Crippen molar-refractivity contribution in [1.82, 2.24) is 9.99 Å². The summed E-state index contributed by atoms with van der Waals surface area (Å²) >= 11 is 0. The summed E-state index contributed by atoms with van der Waals surface area (Å²) in [6, 6.07) is 16.7. The molecule has 0 spiro atoms. The highest BCUT2D eigenvalue weighted by molar-refractivity contribution is 6.04. The van der Waals surface area contributed by atoms with Crippen LogP contribution in [0, 0.1) is 0 Å². The zero-order chi connectivity index (χ0) is 22.3. The Morgan fingerprint density at radius 3 is 2.50 bits per heavy atom. The third-order valence-electron chi connectivity index (χ3n) is 4.98. The second kappa shape index (κ2) is 9.93. The van der Waals surface area contributed by atoms with Crippen LogP contribution in [0.4, 0.5) is 5.69 Å². The van der Waals surface area contributed by atoms with Crippen LogP contribution in [0.3, 0.4) is 0 Å². The first-order valence-electron chi connectivity index (χ1n) is 10.1. The van der Waals surface area contributed by atoms with E-state index in [4.69, 9.17) is 19.3 Å². The third-order valence-corrected chi connectivity index (χ3v) is 4.98. The minimum atomic E-state index is -0.172. The smallest absolute Gasteiger partial charge is 0.255 e. The number of anilines is 1. The van der Waals surface area contributed by atoms with Crippen molar-refractivity contribution in [3.63, 3.8) is 0 Å². The molecule has 1 aromatic heterocycles. The van der Waals surface area contributed by atoms with Crippen LogP contribution in [0.5, 0.6) is 11.5 Å². The van der Waals surface area contributed by atoms with Crippen molar-refractivity contribution in [2.24, 2.45) is 5.10 Å². The maximum atomic E-state index is 12.3. The van der Waals surface area contributed by atoms with Gasteiger partial charge < -0.3 is 19.5 Å². The van der Waals surface area contributed by atoms with Crippen LogP contribution >= 0.6 is 0 Å². The van der Waals surface area contributed by atoms with Gasteiger partial charge in [-0.25, -0.2) is 0 Å². The van der Waals surface area contributed by atoms with Crippen LogP contribution in [0.15, 0.2) is 72.1 Å². The Morgan fingerprint density at radius 1 is 1.03 bits per heavy atom. The number of rotatable bonds is 7. The highest BCUT2D eigenvalue weighted by Gasteiger charge is 2.16. The van der Waals surface area contributed by atoms with Crippen molar-refractivity contribution in [3.05, 3.63) is 83.7 Å². The average Bonchev–Trinajstić information content (AvgIpc) is 2.85. The van der Waals surface area contributed by atoms with Crippen molar-refractivity contribution in [3.8, 4) is 11.5 Å². The zero-order valence-corrected chi connectivity index (χ0v) is 17.9. The summed E-state index contributed by atoms with van der Waals surface area (Å²) in [5.74, 6) is 1.14. The Hall–Kier alpha value is -3.91. The van der Waals surface area contributed by atoms with E-state index in [1.165, 1.54) is 0 Å². The molecule has 8 nitrogen and oxygen atoms in total. The molecule has 0 atom stereocenters. The topological polar surface area (TPSA) is 85.3 Å². The molecule has 8 heteroatoms. The zero-order valence-electron chi connectivity index (χ0n) is 17.9. The summed E-state index contributed by atoms with van der Waals surface area (Å²) in [6.07, 6.45) is 3.19. The number of ether oxygens (including phenoxy) is 3. The lowest BCUT2D eigenvalue weighted by Gasteiger charge is -2.26. The van der Waals surface area contributed by atoms with Crippen molar-refractivity contribution in [2.75, 3.05) is 32.9 Å². The van der Waals surface area contributed by atoms with Gasteiger partial charge in [-0.1, -0.05) is 12.1 Å². The second-order valence-electron chi connectivity index (χ2n) is 7.15. The number of carbonyl (C=O) groups is 1. The Morgan fingerprint density at radius 2 is 1.78 bits per heavy atom. The quantitative estimate of drug-likeness (QED) is 0.615. The van der Waals surface area contributed by atoms with Gasteiger partial charge in [-0.3, -0.25) is 14.8 Å². The molecule has 0 bridgehead atoms. The molecule has 0 saturated heterocycles. The number of aromatic nitrogens is 1. The lowest BCUT2D eigenvalue weighted by Crippen LogP contribution is -2.30. The molecule has 1 aliphatic heterocycles. The number of nitrogens with one attached hydrogen (secondary N) is 1. The first-order chi connectivity index (χ1) is 15.7. The van der Waals surface area contributed by atoms with Crippen LogP contribution < -0.4 is 14.8 Å². The minimum Gasteiger partial charge on any atom is -0.493 e. The number of pyridine rings is 1. The van der Waals surface area contributed by atoms with E-state index in [9.17, 15) is 4.79 Å². The number of amides is 1. The summed E-state index contributed by atoms with van der Waals surface area (Å²) < 4.78 is 16.4. The third kappa shape index (κ3) is 5.04. The molecule has 0 saturated carbocycles. The van der Waals surface area contributed by atoms with E-state index in [-0.39, 0.29) is 5.91 Å². The summed E-state index contributed by atoms with van der Waals surface area (Å²) in [7, 11) is 3.21. The maximum absolute atomic E-state index is 12.3. The summed E-state index contributed by atoms with van der Waals surface area (Å²) in [6.45, 7) is 1.40. The summed E-state index contributed by atoms with van der Waals surface area (Å²) in [4.78, 5) is 16.2. The van der Waals surface area contributed by atoms with E-state index < -0.39 is 0 Å². The monoisotopic (exact) mass is 432 g/mol. The van der Waals surface area contributed by atoms with Gasteiger partial charge in [-0.2, -0.15) is 5.10 Å². The standard InChI is InChI=1S/C24H24N4O4/c1-30-22-8-5-19(13-23(22)31-2)21-15-32-16-28(27-21)14-17-3-6-20(7-4-17)26-24(29)18-9-11-25-12-10-18/h3-13H,14-16H2,1-2H3,(H,26,29). The predicted octanol–water partition coefficient (Wildman–Crippen LogP) is 3.55. The SMILES string of the molecule is COc1ccc(C2=NN(Cc3ccc(NC(=O)c4ccncc4)cc3)COC2)cc1OC. The lowest BCUT2D eigenvalue weighted by atomic mass is 10.1. The lowest BCUT2D eigenvalue weighted by molar-refractivity contribution is 0.0295. The number of hydrazone groups is 1. The predicted molar refractivity (Wildman–Crippen MR) is 121 cm³/mol. The van der Waals surface area contributed by atoms with Crippen molar-refractivity contribution >= 4 is 17.3 Å². The molecule has 2 heterocycles. The fourth-order valence-electron chi connectivity index (χ4n) is 3.32. The first-order valence-corrected chi connectivity index (χ1v) is 10.1. The summed E-state index contributed by atoms with van der Waals surface area (Å²) in [5, 5.41) is 9.49. The normalized spacial score (nSPS) is 13.3. The van der Waals surface area contributed by atoms with Gasteiger partial charge in [-0.05, 0) is 48.0 Å². The number of hydrogen-bond acceptors (Lipinski definition) is 7. The van der Waals surface area contributed by atoms with E-state index in [1.54, 1.807) is 38.7 Å². The maximum Gasteiger partial charge on any atom is 0.255 e. The van der Waals surface area contributed by atoms with E-state index >= 15 is 0 Å². The van der Waals surface area contributed by atoms with Gasteiger partial charge in [0, 0.05) is 29.2 Å². The molecule has 0 fully saturated rings. The molecule has 164 valence electrons. The number of benzene rings is 2. The Kier molecular flexibility index (Phi) is 6.62. The van der Waals surface area contributed by atoms with E-state index in [0.29, 0.717) is 36.9 Å².